The van der Waals surface area contributed by atoms with E-state index < -0.39 is 0 Å². The van der Waals surface area contributed by atoms with Gasteiger partial charge in [-0.25, -0.2) is 4.39 Å². The lowest BCUT2D eigenvalue weighted by molar-refractivity contribution is 0.0954. The van der Waals surface area contributed by atoms with Crippen molar-refractivity contribution in [3.8, 4) is 0 Å². The normalized spacial score (nSPS) is 14.4. The molecule has 0 saturated heterocycles. The molecule has 0 spiro atoms. The van der Waals surface area contributed by atoms with E-state index in [0.717, 1.165) is 44.2 Å². The third-order valence-corrected chi connectivity index (χ3v) is 6.28. The lowest BCUT2D eigenvalue weighted by Gasteiger charge is -2.19. The highest BCUT2D eigenvalue weighted by atomic mass is 32.1. The number of rotatable bonds is 6. The van der Waals surface area contributed by atoms with Gasteiger partial charge in [0.25, 0.3) is 5.91 Å². The summed E-state index contributed by atoms with van der Waals surface area (Å²) in [6.45, 7) is 6.39. The Morgan fingerprint density at radius 1 is 1.17 bits per heavy atom. The summed E-state index contributed by atoms with van der Waals surface area (Å²) in [6, 6.07) is 7.72. The predicted molar refractivity (Wildman–Crippen MR) is 110 cm³/mol. The number of thiophene rings is 1. The molecule has 8 heteroatoms. The molecule has 2 aromatic heterocycles. The number of amides is 1. The van der Waals surface area contributed by atoms with Gasteiger partial charge >= 0.3 is 0 Å². The molecule has 152 valence electrons. The Kier molecular flexibility index (Phi) is 6.01. The van der Waals surface area contributed by atoms with E-state index in [1.54, 1.807) is 0 Å². The van der Waals surface area contributed by atoms with Gasteiger partial charge in [0.2, 0.25) is 0 Å². The van der Waals surface area contributed by atoms with Crippen LogP contribution in [0.4, 0.5) is 4.39 Å². The van der Waals surface area contributed by atoms with Crippen molar-refractivity contribution >= 4 is 17.2 Å². The molecule has 3 heterocycles. The molecule has 0 bridgehead atoms. The number of carbonyl (C=O) groups excluding carboxylic acids is 1. The minimum Gasteiger partial charge on any atom is -0.352 e. The Balaban J connectivity index is 1.31. The Hall–Kier alpha value is -2.58. The summed E-state index contributed by atoms with van der Waals surface area (Å²) in [5, 5.41) is 13.7. The highest BCUT2D eigenvalue weighted by Gasteiger charge is 2.19. The van der Waals surface area contributed by atoms with Crippen LogP contribution in [0, 0.1) is 12.7 Å². The maximum absolute atomic E-state index is 13.0. The van der Waals surface area contributed by atoms with Crippen LogP contribution in [0.1, 0.15) is 32.4 Å². The van der Waals surface area contributed by atoms with Crippen LogP contribution < -0.4 is 5.32 Å². The summed E-state index contributed by atoms with van der Waals surface area (Å²) in [5.74, 6) is 1.35. The maximum atomic E-state index is 13.0. The van der Waals surface area contributed by atoms with Gasteiger partial charge in [0.15, 0.2) is 0 Å². The summed E-state index contributed by atoms with van der Waals surface area (Å²) in [6.07, 6.45) is 1.49. The van der Waals surface area contributed by atoms with E-state index in [0.29, 0.717) is 18.5 Å². The summed E-state index contributed by atoms with van der Waals surface area (Å²) < 4.78 is 15.2. The molecule has 1 N–H and O–H groups in total. The molecular weight excluding hydrogens is 389 g/mol. The molecule has 0 fully saturated rings. The molecule has 29 heavy (non-hydrogen) atoms. The molecular formula is C21H24FN5OS. The van der Waals surface area contributed by atoms with Gasteiger partial charge in [0.1, 0.15) is 17.5 Å². The number of benzene rings is 1. The number of halogens is 1. The Labute approximate surface area is 173 Å². The second kappa shape index (κ2) is 8.84. The van der Waals surface area contributed by atoms with Crippen molar-refractivity contribution in [1.82, 2.24) is 25.0 Å². The summed E-state index contributed by atoms with van der Waals surface area (Å²) in [7, 11) is 0. The number of hydrogen-bond donors (Lipinski definition) is 1. The molecule has 0 saturated carbocycles. The fourth-order valence-electron chi connectivity index (χ4n) is 3.53. The van der Waals surface area contributed by atoms with Crippen molar-refractivity contribution in [2.24, 2.45) is 0 Å². The molecule has 0 unspecified atom stereocenters. The second-order valence-electron chi connectivity index (χ2n) is 7.25. The van der Waals surface area contributed by atoms with E-state index in [1.807, 2.05) is 11.3 Å². The van der Waals surface area contributed by atoms with Crippen LogP contribution >= 0.6 is 11.3 Å². The summed E-state index contributed by atoms with van der Waals surface area (Å²) >= 11 is 1.81. The molecule has 4 rings (SSSR count). The lowest BCUT2D eigenvalue weighted by atomic mass is 10.2. The van der Waals surface area contributed by atoms with Crippen LogP contribution in [-0.2, 0) is 25.9 Å². The molecule has 0 aliphatic carbocycles. The number of aryl methyl sites for hydroxylation is 1. The van der Waals surface area contributed by atoms with Crippen LogP contribution in [-0.4, -0.2) is 45.2 Å². The fourth-order valence-corrected chi connectivity index (χ4v) is 4.48. The van der Waals surface area contributed by atoms with Crippen molar-refractivity contribution in [3.63, 3.8) is 0 Å². The Bertz CT molecular complexity index is 981. The molecule has 6 nitrogen and oxygen atoms in total. The fraction of sp³-hybridized carbons (Fsp3) is 0.381. The zero-order chi connectivity index (χ0) is 20.2. The van der Waals surface area contributed by atoms with Gasteiger partial charge in [-0.15, -0.1) is 21.5 Å². The predicted octanol–water partition coefficient (Wildman–Crippen LogP) is 2.82. The highest BCUT2D eigenvalue weighted by molar-refractivity contribution is 7.10. The van der Waals surface area contributed by atoms with Gasteiger partial charge in [-0.3, -0.25) is 9.69 Å². The standard InChI is InChI=1S/C21H24FN5OS/c1-15-8-13-29-18(15)14-26-10-7-20-25-24-19(27(20)12-11-26)6-9-23-21(28)16-2-4-17(22)5-3-16/h2-5,8,13H,6-7,9-12,14H2,1H3,(H,23,28). The summed E-state index contributed by atoms with van der Waals surface area (Å²) in [4.78, 5) is 16.1. The van der Waals surface area contributed by atoms with Gasteiger partial charge in [0.05, 0.1) is 0 Å². The van der Waals surface area contributed by atoms with Gasteiger partial charge in [-0.2, -0.15) is 0 Å². The molecule has 1 aliphatic rings. The molecule has 1 amide bonds. The summed E-state index contributed by atoms with van der Waals surface area (Å²) in [5.41, 5.74) is 1.81. The van der Waals surface area contributed by atoms with E-state index in [1.165, 1.54) is 34.7 Å². The number of carbonyl (C=O) groups is 1. The van der Waals surface area contributed by atoms with E-state index in [-0.39, 0.29) is 11.7 Å². The van der Waals surface area contributed by atoms with E-state index >= 15 is 0 Å². The first-order valence-electron chi connectivity index (χ1n) is 9.80. The Morgan fingerprint density at radius 3 is 2.76 bits per heavy atom. The maximum Gasteiger partial charge on any atom is 0.251 e. The van der Waals surface area contributed by atoms with Crippen molar-refractivity contribution in [2.45, 2.75) is 32.9 Å². The van der Waals surface area contributed by atoms with E-state index in [9.17, 15) is 9.18 Å². The molecule has 0 atom stereocenters. The number of fused-ring (bicyclic) bond motifs is 1. The second-order valence-corrected chi connectivity index (χ2v) is 8.25. The van der Waals surface area contributed by atoms with Crippen LogP contribution in [0.2, 0.25) is 0 Å². The van der Waals surface area contributed by atoms with Crippen molar-refractivity contribution in [1.29, 1.82) is 0 Å². The average Bonchev–Trinajstić information content (AvgIpc) is 3.23. The molecule has 3 aromatic rings. The van der Waals surface area contributed by atoms with Crippen LogP contribution in [0.3, 0.4) is 0 Å². The number of hydrogen-bond acceptors (Lipinski definition) is 5. The van der Waals surface area contributed by atoms with Gasteiger partial charge in [-0.1, -0.05) is 0 Å². The van der Waals surface area contributed by atoms with Crippen LogP contribution in [0.15, 0.2) is 35.7 Å². The zero-order valence-electron chi connectivity index (χ0n) is 16.4. The van der Waals surface area contributed by atoms with Crippen LogP contribution in [0.5, 0.6) is 0 Å². The minimum atomic E-state index is -0.351. The monoisotopic (exact) mass is 413 g/mol. The first kappa shape index (κ1) is 19.7. The number of nitrogens with zero attached hydrogens (tertiary/aromatic N) is 4. The van der Waals surface area contributed by atoms with Crippen molar-refractivity contribution in [2.75, 3.05) is 19.6 Å². The molecule has 1 aliphatic heterocycles. The zero-order valence-corrected chi connectivity index (χ0v) is 17.2. The average molecular weight is 414 g/mol. The van der Waals surface area contributed by atoms with Gasteiger partial charge < -0.3 is 9.88 Å². The van der Waals surface area contributed by atoms with E-state index in [2.05, 4.69) is 43.4 Å². The SMILES string of the molecule is Cc1ccsc1CN1CCc2nnc(CCNC(=O)c3ccc(F)cc3)n2CC1. The number of nitrogens with one attached hydrogen (secondary N) is 1. The van der Waals surface area contributed by atoms with Gasteiger partial charge in [0, 0.05) is 56.0 Å². The highest BCUT2D eigenvalue weighted by Crippen LogP contribution is 2.19. The quantitative estimate of drug-likeness (QED) is 0.675. The minimum absolute atomic E-state index is 0.210. The third kappa shape index (κ3) is 4.71. The van der Waals surface area contributed by atoms with Gasteiger partial charge in [-0.05, 0) is 48.2 Å². The van der Waals surface area contributed by atoms with E-state index in [4.69, 9.17) is 0 Å². The van der Waals surface area contributed by atoms with Crippen molar-refractivity contribution < 1.29 is 9.18 Å². The molecule has 1 aromatic carbocycles. The largest absolute Gasteiger partial charge is 0.352 e. The molecule has 0 radical (unpaired) electrons. The number of aromatic nitrogens is 3. The van der Waals surface area contributed by atoms with Crippen molar-refractivity contribution in [3.05, 3.63) is 69.2 Å². The lowest BCUT2D eigenvalue weighted by Crippen LogP contribution is -2.28. The Morgan fingerprint density at radius 2 is 2.00 bits per heavy atom. The first-order chi connectivity index (χ1) is 14.1. The first-order valence-corrected chi connectivity index (χ1v) is 10.7. The smallest absolute Gasteiger partial charge is 0.251 e. The topological polar surface area (TPSA) is 63.1 Å². The third-order valence-electron chi connectivity index (χ3n) is 5.27. The van der Waals surface area contributed by atoms with Crippen LogP contribution in [0.25, 0.3) is 0 Å².